The highest BCUT2D eigenvalue weighted by Crippen LogP contribution is 2.16. The predicted octanol–water partition coefficient (Wildman–Crippen LogP) is 0.0936. The third kappa shape index (κ3) is 13.4. The van der Waals surface area contributed by atoms with Crippen molar-refractivity contribution in [2.45, 2.75) is 6.42 Å². The molecule has 0 atom stereocenters. The SMILES string of the molecule is O=C(NCCN(CCO)CCO)Nc1ccc(Cc2ccc(NC(=O)NCCN(CCO)CCO)cc2)cc1. The molecule has 0 aliphatic heterocycles. The molecule has 0 saturated carbocycles. The number of urea groups is 2. The van der Waals surface area contributed by atoms with E-state index in [0.29, 0.717) is 70.2 Å². The van der Waals surface area contributed by atoms with Gasteiger partial charge in [0.25, 0.3) is 0 Å². The number of nitrogens with one attached hydrogen (secondary N) is 4. The molecule has 8 N–H and O–H groups in total. The van der Waals surface area contributed by atoms with E-state index in [-0.39, 0.29) is 38.5 Å². The van der Waals surface area contributed by atoms with Gasteiger partial charge in [-0.3, -0.25) is 9.80 Å². The van der Waals surface area contributed by atoms with Gasteiger partial charge in [-0.15, -0.1) is 0 Å². The highest BCUT2D eigenvalue weighted by atomic mass is 16.3. The Hall–Kier alpha value is -3.26. The molecule has 0 fully saturated rings. The largest absolute Gasteiger partial charge is 0.395 e. The molecule has 12 heteroatoms. The van der Waals surface area contributed by atoms with Gasteiger partial charge in [0, 0.05) is 63.7 Å². The lowest BCUT2D eigenvalue weighted by atomic mass is 10.0. The van der Waals surface area contributed by atoms with Crippen molar-refractivity contribution < 1.29 is 30.0 Å². The molecule has 2 aromatic rings. The molecule has 0 aliphatic carbocycles. The Morgan fingerprint density at radius 1 is 0.538 bits per heavy atom. The van der Waals surface area contributed by atoms with Gasteiger partial charge in [0.15, 0.2) is 0 Å². The molecular weight excluding hydrogens is 504 g/mol. The number of aliphatic hydroxyl groups is 4. The third-order valence-electron chi connectivity index (χ3n) is 5.92. The number of carbonyl (C=O) groups excluding carboxylic acids is 2. The second-order valence-corrected chi connectivity index (χ2v) is 8.91. The van der Waals surface area contributed by atoms with Crippen LogP contribution in [-0.2, 0) is 6.42 Å². The van der Waals surface area contributed by atoms with Crippen LogP contribution in [0.2, 0.25) is 0 Å². The van der Waals surface area contributed by atoms with Crippen LogP contribution >= 0.6 is 0 Å². The molecule has 0 saturated heterocycles. The Kier molecular flexibility index (Phi) is 15.5. The van der Waals surface area contributed by atoms with Crippen LogP contribution in [0.3, 0.4) is 0 Å². The molecular formula is C27H42N6O6. The predicted molar refractivity (Wildman–Crippen MR) is 151 cm³/mol. The van der Waals surface area contributed by atoms with Crippen LogP contribution in [-0.4, -0.2) is 121 Å². The highest BCUT2D eigenvalue weighted by molar-refractivity contribution is 5.89. The molecule has 39 heavy (non-hydrogen) atoms. The molecule has 0 heterocycles. The highest BCUT2D eigenvalue weighted by Gasteiger charge is 2.07. The molecule has 0 aliphatic rings. The number of benzene rings is 2. The fraction of sp³-hybridized carbons (Fsp3) is 0.481. The standard InChI is InChI=1S/C27H42N6O6/c34-17-13-32(14-18-35)11-9-28-26(38)30-24-5-1-22(2-6-24)21-23-3-7-25(8-4-23)31-27(39)29-10-12-33(15-19-36)16-20-37/h1-8,34-37H,9-21H2,(H2,28,30,38)(H2,29,31,39). The maximum absolute atomic E-state index is 12.1. The number of carbonyl (C=O) groups is 2. The maximum Gasteiger partial charge on any atom is 0.319 e. The van der Waals surface area contributed by atoms with Crippen LogP contribution in [0.25, 0.3) is 0 Å². The monoisotopic (exact) mass is 546 g/mol. The van der Waals surface area contributed by atoms with E-state index in [1.54, 1.807) is 0 Å². The molecule has 12 nitrogen and oxygen atoms in total. The molecule has 0 radical (unpaired) electrons. The van der Waals surface area contributed by atoms with Crippen LogP contribution in [0, 0.1) is 0 Å². The summed E-state index contributed by atoms with van der Waals surface area (Å²) in [6.45, 7) is 3.60. The van der Waals surface area contributed by atoms with Crippen molar-refractivity contribution in [2.75, 3.05) is 89.4 Å². The van der Waals surface area contributed by atoms with Crippen molar-refractivity contribution in [1.82, 2.24) is 20.4 Å². The molecule has 0 bridgehead atoms. The quantitative estimate of drug-likeness (QED) is 0.130. The van der Waals surface area contributed by atoms with Crippen molar-refractivity contribution in [3.63, 3.8) is 0 Å². The Bertz CT molecular complexity index is 871. The maximum atomic E-state index is 12.1. The Balaban J connectivity index is 1.73. The fourth-order valence-corrected chi connectivity index (χ4v) is 3.89. The van der Waals surface area contributed by atoms with E-state index in [0.717, 1.165) is 11.1 Å². The first-order chi connectivity index (χ1) is 19.0. The van der Waals surface area contributed by atoms with E-state index < -0.39 is 0 Å². The number of aliphatic hydroxyl groups excluding tert-OH is 4. The summed E-state index contributed by atoms with van der Waals surface area (Å²) in [6.07, 6.45) is 0.691. The number of hydrogen-bond acceptors (Lipinski definition) is 8. The van der Waals surface area contributed by atoms with Crippen molar-refractivity contribution in [3.05, 3.63) is 59.7 Å². The zero-order chi connectivity index (χ0) is 28.3. The molecule has 0 aromatic heterocycles. The summed E-state index contributed by atoms with van der Waals surface area (Å²) in [6, 6.07) is 14.5. The van der Waals surface area contributed by atoms with Gasteiger partial charge < -0.3 is 41.7 Å². The normalized spacial score (nSPS) is 11.0. The van der Waals surface area contributed by atoms with Gasteiger partial charge in [0.2, 0.25) is 0 Å². The first-order valence-corrected chi connectivity index (χ1v) is 13.1. The van der Waals surface area contributed by atoms with E-state index in [1.165, 1.54) is 0 Å². The van der Waals surface area contributed by atoms with Gasteiger partial charge in [-0.2, -0.15) is 0 Å². The average molecular weight is 547 g/mol. The molecule has 216 valence electrons. The van der Waals surface area contributed by atoms with E-state index in [2.05, 4.69) is 21.3 Å². The van der Waals surface area contributed by atoms with Gasteiger partial charge in [0.05, 0.1) is 26.4 Å². The smallest absolute Gasteiger partial charge is 0.319 e. The van der Waals surface area contributed by atoms with Crippen LogP contribution in [0.15, 0.2) is 48.5 Å². The number of rotatable bonds is 18. The lowest BCUT2D eigenvalue weighted by Crippen LogP contribution is -2.39. The Labute approximate surface area is 229 Å². The topological polar surface area (TPSA) is 170 Å². The van der Waals surface area contributed by atoms with Gasteiger partial charge in [0.1, 0.15) is 0 Å². The fourth-order valence-electron chi connectivity index (χ4n) is 3.89. The first-order valence-electron chi connectivity index (χ1n) is 13.1. The van der Waals surface area contributed by atoms with Crippen molar-refractivity contribution >= 4 is 23.4 Å². The Morgan fingerprint density at radius 3 is 1.18 bits per heavy atom. The Morgan fingerprint density at radius 2 is 0.872 bits per heavy atom. The third-order valence-corrected chi connectivity index (χ3v) is 5.92. The average Bonchev–Trinajstić information content (AvgIpc) is 2.91. The number of hydrogen-bond donors (Lipinski definition) is 8. The van der Waals surface area contributed by atoms with Gasteiger partial charge in [-0.25, -0.2) is 9.59 Å². The second kappa shape index (κ2) is 18.9. The number of anilines is 2. The summed E-state index contributed by atoms with van der Waals surface area (Å²) < 4.78 is 0. The molecule has 2 rings (SSSR count). The van der Waals surface area contributed by atoms with E-state index in [9.17, 15) is 9.59 Å². The molecule has 0 unspecified atom stereocenters. The van der Waals surface area contributed by atoms with Crippen molar-refractivity contribution in [1.29, 1.82) is 0 Å². The molecule has 2 aromatic carbocycles. The minimum absolute atomic E-state index is 0.00361. The van der Waals surface area contributed by atoms with Crippen LogP contribution < -0.4 is 21.3 Å². The zero-order valence-electron chi connectivity index (χ0n) is 22.3. The van der Waals surface area contributed by atoms with Crippen LogP contribution in [0.5, 0.6) is 0 Å². The summed E-state index contributed by atoms with van der Waals surface area (Å²) in [5.41, 5.74) is 3.47. The minimum atomic E-state index is -0.324. The summed E-state index contributed by atoms with van der Waals surface area (Å²) in [7, 11) is 0. The molecule has 0 spiro atoms. The second-order valence-electron chi connectivity index (χ2n) is 8.91. The minimum Gasteiger partial charge on any atom is -0.395 e. The number of nitrogens with zero attached hydrogens (tertiary/aromatic N) is 2. The first kappa shape index (κ1) is 32.0. The van der Waals surface area contributed by atoms with Gasteiger partial charge >= 0.3 is 12.1 Å². The lowest BCUT2D eigenvalue weighted by Gasteiger charge is -2.20. The van der Waals surface area contributed by atoms with E-state index in [4.69, 9.17) is 20.4 Å². The van der Waals surface area contributed by atoms with Gasteiger partial charge in [-0.05, 0) is 41.8 Å². The van der Waals surface area contributed by atoms with Crippen LogP contribution in [0.4, 0.5) is 21.0 Å². The number of amides is 4. The summed E-state index contributed by atoms with van der Waals surface area (Å²) in [4.78, 5) is 28.0. The van der Waals surface area contributed by atoms with Crippen molar-refractivity contribution in [2.24, 2.45) is 0 Å². The van der Waals surface area contributed by atoms with Gasteiger partial charge in [-0.1, -0.05) is 24.3 Å². The van der Waals surface area contributed by atoms with E-state index >= 15 is 0 Å². The summed E-state index contributed by atoms with van der Waals surface area (Å²) >= 11 is 0. The zero-order valence-corrected chi connectivity index (χ0v) is 22.3. The van der Waals surface area contributed by atoms with E-state index in [1.807, 2.05) is 58.3 Å². The molecule has 4 amide bonds. The van der Waals surface area contributed by atoms with Crippen molar-refractivity contribution in [3.8, 4) is 0 Å². The lowest BCUT2D eigenvalue weighted by molar-refractivity contribution is 0.161. The summed E-state index contributed by atoms with van der Waals surface area (Å²) in [5, 5.41) is 47.3. The summed E-state index contributed by atoms with van der Waals surface area (Å²) in [5.74, 6) is 0. The van der Waals surface area contributed by atoms with Crippen LogP contribution in [0.1, 0.15) is 11.1 Å².